The Bertz CT molecular complexity index is 3030. The summed E-state index contributed by atoms with van der Waals surface area (Å²) in [4.78, 5) is 18.7. The number of aromatic nitrogens is 6. The second-order valence-electron chi connectivity index (χ2n) is 13.7. The molecule has 0 aliphatic rings. The van der Waals surface area contributed by atoms with Crippen molar-refractivity contribution in [1.29, 1.82) is 10.5 Å². The zero-order valence-electron chi connectivity index (χ0n) is 29.4. The Labute approximate surface area is 308 Å². The van der Waals surface area contributed by atoms with Crippen molar-refractivity contribution in [3.63, 3.8) is 0 Å². The second-order valence-corrected chi connectivity index (χ2v) is 13.7. The first-order valence-corrected chi connectivity index (χ1v) is 17.4. The zero-order chi connectivity index (χ0) is 36.8. The standard InChI is InChI=1S/C45H27N9/c1-25-11-14-33-28(20-25)39-36(8-5-17-49-39)52(33)43-31(23-46)44(53-34-15-12-26(2)21-29(34)40-37(53)9-6-18-50-40)42(48-4)45(32(43)24-47)54-35-16-13-27(3)22-30(35)41-38(54)10-7-19-51-41/h5-22H,1-3H3. The molecule has 4 aromatic carbocycles. The lowest BCUT2D eigenvalue weighted by atomic mass is 9.99. The highest BCUT2D eigenvalue weighted by Crippen LogP contribution is 2.48. The predicted molar refractivity (Wildman–Crippen MR) is 213 cm³/mol. The molecule has 6 aromatic heterocycles. The summed E-state index contributed by atoms with van der Waals surface area (Å²) in [6.45, 7) is 15.0. The van der Waals surface area contributed by atoms with Gasteiger partial charge in [0.1, 0.15) is 12.1 Å². The summed E-state index contributed by atoms with van der Waals surface area (Å²) < 4.78 is 5.93. The second kappa shape index (κ2) is 11.4. The van der Waals surface area contributed by atoms with Crippen LogP contribution in [0.5, 0.6) is 0 Å². The smallest absolute Gasteiger partial charge is 0.236 e. The largest absolute Gasteiger partial charge is 0.316 e. The summed E-state index contributed by atoms with van der Waals surface area (Å²) in [5, 5.41) is 25.6. The fraction of sp³-hybridized carbons (Fsp3) is 0.0667. The first-order chi connectivity index (χ1) is 26.4. The highest BCUT2D eigenvalue weighted by molar-refractivity contribution is 6.12. The van der Waals surface area contributed by atoms with E-state index in [1.54, 1.807) is 18.6 Å². The van der Waals surface area contributed by atoms with Crippen molar-refractivity contribution in [3.05, 3.63) is 149 Å². The summed E-state index contributed by atoms with van der Waals surface area (Å²) >= 11 is 0. The van der Waals surface area contributed by atoms with Crippen molar-refractivity contribution in [2.45, 2.75) is 20.8 Å². The number of nitrogens with zero attached hydrogens (tertiary/aromatic N) is 9. The van der Waals surface area contributed by atoms with Gasteiger partial charge in [0.2, 0.25) is 5.69 Å². The van der Waals surface area contributed by atoms with Gasteiger partial charge in [-0.1, -0.05) is 34.9 Å². The lowest BCUT2D eigenvalue weighted by molar-refractivity contribution is 1.08. The lowest BCUT2D eigenvalue weighted by Crippen LogP contribution is -2.11. The Morgan fingerprint density at radius 1 is 0.500 bits per heavy atom. The molecule has 252 valence electrons. The molecule has 0 atom stereocenters. The SMILES string of the molecule is [C-]#[N+]c1c(-n2c3ccc(C)cc3c3ncccc32)c(C#N)c(-n2c3ccc(C)cc3c3ncccc32)c(C#N)c1-n1c2ccc(C)cc2c2ncccc21. The number of nitriles is 2. The third kappa shape index (κ3) is 4.08. The van der Waals surface area contributed by atoms with Gasteiger partial charge in [-0.05, 0) is 93.6 Å². The fourth-order valence-electron chi connectivity index (χ4n) is 8.24. The van der Waals surface area contributed by atoms with Gasteiger partial charge in [0.15, 0.2) is 0 Å². The van der Waals surface area contributed by atoms with Crippen molar-refractivity contribution in [3.8, 4) is 29.2 Å². The van der Waals surface area contributed by atoms with Gasteiger partial charge in [-0.25, -0.2) is 4.85 Å². The van der Waals surface area contributed by atoms with E-state index >= 15 is 0 Å². The molecule has 0 N–H and O–H groups in total. The van der Waals surface area contributed by atoms with Crippen molar-refractivity contribution in [2.24, 2.45) is 0 Å². The Morgan fingerprint density at radius 3 is 1.19 bits per heavy atom. The summed E-state index contributed by atoms with van der Waals surface area (Å²) in [5.41, 5.74) is 11.6. The van der Waals surface area contributed by atoms with Crippen LogP contribution in [0.2, 0.25) is 0 Å². The molecule has 0 fully saturated rings. The Hall–Kier alpha value is -7.80. The average Bonchev–Trinajstić information content (AvgIpc) is 3.81. The number of benzene rings is 4. The molecule has 9 heteroatoms. The molecule has 0 aliphatic heterocycles. The highest BCUT2D eigenvalue weighted by Gasteiger charge is 2.32. The maximum absolute atomic E-state index is 11.5. The van der Waals surface area contributed by atoms with Crippen LogP contribution in [0, 0.1) is 50.0 Å². The predicted octanol–water partition coefficient (Wildman–Crippen LogP) is 10.4. The molecule has 0 aliphatic carbocycles. The molecule has 9 nitrogen and oxygen atoms in total. The third-order valence-electron chi connectivity index (χ3n) is 10.4. The van der Waals surface area contributed by atoms with Crippen LogP contribution in [0.15, 0.2) is 110 Å². The molecular formula is C45H27N9. The van der Waals surface area contributed by atoms with E-state index in [0.29, 0.717) is 17.1 Å². The van der Waals surface area contributed by atoms with Gasteiger partial charge < -0.3 is 13.7 Å². The van der Waals surface area contributed by atoms with Crippen LogP contribution >= 0.6 is 0 Å². The van der Waals surface area contributed by atoms with E-state index < -0.39 is 0 Å². The molecular weight excluding hydrogens is 667 g/mol. The summed E-state index contributed by atoms with van der Waals surface area (Å²) in [7, 11) is 0. The molecule has 0 unspecified atom stereocenters. The van der Waals surface area contributed by atoms with Gasteiger partial charge in [0.25, 0.3) is 0 Å². The first kappa shape index (κ1) is 31.0. The molecule has 0 saturated heterocycles. The van der Waals surface area contributed by atoms with E-state index in [-0.39, 0.29) is 16.8 Å². The van der Waals surface area contributed by atoms with Crippen molar-refractivity contribution in [1.82, 2.24) is 28.7 Å². The maximum Gasteiger partial charge on any atom is 0.236 e. The average molecular weight is 694 g/mol. The summed E-state index contributed by atoms with van der Waals surface area (Å²) in [6.07, 6.45) is 5.26. The minimum absolute atomic E-state index is 0.160. The third-order valence-corrected chi connectivity index (χ3v) is 10.4. The molecule has 0 radical (unpaired) electrons. The van der Waals surface area contributed by atoms with Crippen LogP contribution in [0.4, 0.5) is 5.69 Å². The molecule has 0 bridgehead atoms. The van der Waals surface area contributed by atoms with Crippen molar-refractivity contribution in [2.75, 3.05) is 0 Å². The number of hydrogen-bond acceptors (Lipinski definition) is 5. The van der Waals surface area contributed by atoms with E-state index in [0.717, 1.165) is 82.5 Å². The van der Waals surface area contributed by atoms with Gasteiger partial charge in [0, 0.05) is 34.7 Å². The number of fused-ring (bicyclic) bond motifs is 9. The van der Waals surface area contributed by atoms with E-state index in [1.807, 2.05) is 107 Å². The number of pyridine rings is 3. The highest BCUT2D eigenvalue weighted by atomic mass is 15.1. The number of rotatable bonds is 3. The molecule has 0 spiro atoms. The minimum atomic E-state index is 0.160. The van der Waals surface area contributed by atoms with E-state index in [1.165, 1.54) is 0 Å². The van der Waals surface area contributed by atoms with E-state index in [9.17, 15) is 10.5 Å². The topological polar surface area (TPSA) is 105 Å². The molecule has 0 amide bonds. The quantitative estimate of drug-likeness (QED) is 0.171. The number of hydrogen-bond donors (Lipinski definition) is 0. The lowest BCUT2D eigenvalue weighted by Gasteiger charge is -2.23. The van der Waals surface area contributed by atoms with Crippen LogP contribution < -0.4 is 0 Å². The zero-order valence-corrected chi connectivity index (χ0v) is 29.4. The molecule has 54 heavy (non-hydrogen) atoms. The minimum Gasteiger partial charge on any atom is -0.316 e. The monoisotopic (exact) mass is 693 g/mol. The molecule has 0 saturated carbocycles. The Kier molecular flexibility index (Phi) is 6.51. The fourth-order valence-corrected chi connectivity index (χ4v) is 8.24. The van der Waals surface area contributed by atoms with Gasteiger partial charge >= 0.3 is 0 Å². The first-order valence-electron chi connectivity index (χ1n) is 17.4. The van der Waals surface area contributed by atoms with Gasteiger partial charge in [0.05, 0.1) is 84.4 Å². The number of aryl methyl sites for hydroxylation is 3. The molecule has 10 rings (SSSR count). The van der Waals surface area contributed by atoms with E-state index in [4.69, 9.17) is 21.5 Å². The maximum atomic E-state index is 11.5. The van der Waals surface area contributed by atoms with Crippen LogP contribution in [0.3, 0.4) is 0 Å². The van der Waals surface area contributed by atoms with E-state index in [2.05, 4.69) is 35.2 Å². The van der Waals surface area contributed by atoms with Gasteiger partial charge in [-0.2, -0.15) is 10.5 Å². The van der Waals surface area contributed by atoms with Gasteiger partial charge in [-0.15, -0.1) is 0 Å². The Morgan fingerprint density at radius 2 is 0.852 bits per heavy atom. The normalized spacial score (nSPS) is 11.6. The van der Waals surface area contributed by atoms with Crippen LogP contribution in [0.1, 0.15) is 27.8 Å². The molecule has 6 heterocycles. The van der Waals surface area contributed by atoms with Gasteiger partial charge in [-0.3, -0.25) is 15.0 Å². The van der Waals surface area contributed by atoms with Crippen molar-refractivity contribution >= 4 is 71.5 Å². The van der Waals surface area contributed by atoms with Crippen LogP contribution in [0.25, 0.3) is 87.7 Å². The summed E-state index contributed by atoms with van der Waals surface area (Å²) in [6, 6.07) is 34.9. The Balaban J connectivity index is 1.52. The van der Waals surface area contributed by atoms with Crippen molar-refractivity contribution < 1.29 is 0 Å². The van der Waals surface area contributed by atoms with Crippen LogP contribution in [-0.2, 0) is 0 Å². The molecule has 10 aromatic rings. The summed E-state index contributed by atoms with van der Waals surface area (Å²) in [5.74, 6) is 0. The van der Waals surface area contributed by atoms with Crippen LogP contribution in [-0.4, -0.2) is 28.7 Å².